The van der Waals surface area contributed by atoms with Crippen LogP contribution in [-0.4, -0.2) is 32.8 Å². The van der Waals surface area contributed by atoms with Gasteiger partial charge >= 0.3 is 0 Å². The SMILES string of the molecule is CNS(=O)(=O)c1ccc(CCC(=O)N(CCC#N)Cc2ccco2)cc1. The predicted molar refractivity (Wildman–Crippen MR) is 95.4 cm³/mol. The summed E-state index contributed by atoms with van der Waals surface area (Å²) < 4.78 is 31.0. The molecule has 0 aliphatic heterocycles. The molecule has 1 amide bonds. The molecule has 7 nitrogen and oxygen atoms in total. The van der Waals surface area contributed by atoms with Crippen molar-refractivity contribution in [1.29, 1.82) is 5.26 Å². The van der Waals surface area contributed by atoms with Gasteiger partial charge in [0.1, 0.15) is 5.76 Å². The summed E-state index contributed by atoms with van der Waals surface area (Å²) in [6.07, 6.45) is 2.55. The first-order valence-corrected chi connectivity index (χ1v) is 9.64. The maximum absolute atomic E-state index is 12.5. The molecule has 0 saturated carbocycles. The van der Waals surface area contributed by atoms with E-state index in [-0.39, 0.29) is 23.6 Å². The van der Waals surface area contributed by atoms with Gasteiger partial charge in [-0.2, -0.15) is 5.26 Å². The molecule has 0 saturated heterocycles. The number of rotatable bonds is 9. The Morgan fingerprint density at radius 2 is 2.00 bits per heavy atom. The minimum absolute atomic E-state index is 0.0800. The summed E-state index contributed by atoms with van der Waals surface area (Å²) in [5.74, 6) is 0.585. The molecule has 0 spiro atoms. The number of benzene rings is 1. The summed E-state index contributed by atoms with van der Waals surface area (Å²) in [4.78, 5) is 14.3. The van der Waals surface area contributed by atoms with Gasteiger partial charge in [-0.25, -0.2) is 13.1 Å². The Kier molecular flexibility index (Phi) is 6.95. The number of sulfonamides is 1. The number of carbonyl (C=O) groups excluding carboxylic acids is 1. The Balaban J connectivity index is 1.97. The Labute approximate surface area is 153 Å². The number of aryl methyl sites for hydroxylation is 1. The smallest absolute Gasteiger partial charge is 0.240 e. The Morgan fingerprint density at radius 1 is 1.27 bits per heavy atom. The van der Waals surface area contributed by atoms with Crippen LogP contribution in [0.15, 0.2) is 52.0 Å². The van der Waals surface area contributed by atoms with E-state index in [1.54, 1.807) is 35.4 Å². The van der Waals surface area contributed by atoms with E-state index in [0.717, 1.165) is 5.56 Å². The number of carbonyl (C=O) groups is 1. The Hall–Kier alpha value is -2.63. The first kappa shape index (κ1) is 19.7. The van der Waals surface area contributed by atoms with Gasteiger partial charge in [-0.05, 0) is 43.3 Å². The maximum atomic E-state index is 12.5. The van der Waals surface area contributed by atoms with Crippen LogP contribution in [0.5, 0.6) is 0 Å². The molecule has 1 heterocycles. The average molecular weight is 375 g/mol. The zero-order chi connectivity index (χ0) is 19.0. The quantitative estimate of drug-likeness (QED) is 0.722. The highest BCUT2D eigenvalue weighted by Gasteiger charge is 2.16. The molecule has 0 radical (unpaired) electrons. The van der Waals surface area contributed by atoms with E-state index >= 15 is 0 Å². The zero-order valence-electron chi connectivity index (χ0n) is 14.5. The van der Waals surface area contributed by atoms with Gasteiger partial charge in [-0.1, -0.05) is 12.1 Å². The molecule has 1 N–H and O–H groups in total. The van der Waals surface area contributed by atoms with Crippen LogP contribution in [0.1, 0.15) is 24.2 Å². The molecule has 0 bridgehead atoms. The standard InChI is InChI=1S/C18H21N3O4S/c1-20-26(23,24)17-8-5-15(6-9-17)7-10-18(22)21(12-3-11-19)14-16-4-2-13-25-16/h2,4-6,8-9,13,20H,3,7,10,12,14H2,1H3. The van der Waals surface area contributed by atoms with Crippen LogP contribution in [0.25, 0.3) is 0 Å². The van der Waals surface area contributed by atoms with Crippen molar-refractivity contribution in [2.75, 3.05) is 13.6 Å². The van der Waals surface area contributed by atoms with Crippen molar-refractivity contribution >= 4 is 15.9 Å². The maximum Gasteiger partial charge on any atom is 0.240 e. The van der Waals surface area contributed by atoms with Gasteiger partial charge in [0.25, 0.3) is 0 Å². The van der Waals surface area contributed by atoms with E-state index in [1.165, 1.54) is 19.2 Å². The third-order valence-corrected chi connectivity index (χ3v) is 5.33. The van der Waals surface area contributed by atoms with Crippen molar-refractivity contribution in [3.63, 3.8) is 0 Å². The number of hydrogen-bond acceptors (Lipinski definition) is 5. The van der Waals surface area contributed by atoms with Crippen LogP contribution in [0.2, 0.25) is 0 Å². The number of furan rings is 1. The number of amides is 1. The fourth-order valence-electron chi connectivity index (χ4n) is 2.43. The zero-order valence-corrected chi connectivity index (χ0v) is 15.3. The molecule has 26 heavy (non-hydrogen) atoms. The van der Waals surface area contributed by atoms with Crippen LogP contribution < -0.4 is 4.72 Å². The van der Waals surface area contributed by atoms with Gasteiger partial charge in [0.2, 0.25) is 15.9 Å². The van der Waals surface area contributed by atoms with E-state index in [4.69, 9.17) is 9.68 Å². The van der Waals surface area contributed by atoms with Gasteiger partial charge in [0.05, 0.1) is 30.2 Å². The van der Waals surface area contributed by atoms with Crippen molar-refractivity contribution in [2.24, 2.45) is 0 Å². The van der Waals surface area contributed by atoms with Crippen LogP contribution in [0.4, 0.5) is 0 Å². The second kappa shape index (κ2) is 9.17. The Bertz CT molecular complexity index is 853. The first-order valence-electron chi connectivity index (χ1n) is 8.16. The number of nitrogens with one attached hydrogen (secondary N) is 1. The molecule has 0 atom stereocenters. The lowest BCUT2D eigenvalue weighted by Gasteiger charge is -2.20. The van der Waals surface area contributed by atoms with Crippen molar-refractivity contribution in [3.05, 3.63) is 54.0 Å². The minimum Gasteiger partial charge on any atom is -0.467 e. The molecule has 0 aliphatic rings. The van der Waals surface area contributed by atoms with E-state index in [1.807, 2.05) is 6.07 Å². The number of nitrogens with zero attached hydrogens (tertiary/aromatic N) is 2. The van der Waals surface area contributed by atoms with Crippen molar-refractivity contribution in [3.8, 4) is 6.07 Å². The van der Waals surface area contributed by atoms with Gasteiger partial charge < -0.3 is 9.32 Å². The van der Waals surface area contributed by atoms with E-state index < -0.39 is 10.0 Å². The minimum atomic E-state index is -3.47. The molecule has 138 valence electrons. The molecule has 8 heteroatoms. The highest BCUT2D eigenvalue weighted by atomic mass is 32.2. The molecule has 1 aromatic carbocycles. The molecular weight excluding hydrogens is 354 g/mol. The van der Waals surface area contributed by atoms with E-state index in [9.17, 15) is 13.2 Å². The summed E-state index contributed by atoms with van der Waals surface area (Å²) in [7, 11) is -2.11. The molecule has 2 aromatic rings. The fourth-order valence-corrected chi connectivity index (χ4v) is 3.16. The topological polar surface area (TPSA) is 103 Å². The summed E-state index contributed by atoms with van der Waals surface area (Å²) in [5, 5.41) is 8.78. The third-order valence-electron chi connectivity index (χ3n) is 3.90. The highest BCUT2D eigenvalue weighted by Crippen LogP contribution is 2.13. The number of hydrogen-bond donors (Lipinski definition) is 1. The fraction of sp³-hybridized carbons (Fsp3) is 0.333. The molecule has 0 fully saturated rings. The Morgan fingerprint density at radius 3 is 2.58 bits per heavy atom. The second-order valence-electron chi connectivity index (χ2n) is 5.65. The highest BCUT2D eigenvalue weighted by molar-refractivity contribution is 7.89. The summed E-state index contributed by atoms with van der Waals surface area (Å²) in [5.41, 5.74) is 0.867. The molecule has 0 unspecified atom stereocenters. The van der Waals surface area contributed by atoms with Gasteiger partial charge in [0, 0.05) is 13.0 Å². The van der Waals surface area contributed by atoms with Gasteiger partial charge in [-0.15, -0.1) is 0 Å². The van der Waals surface area contributed by atoms with Crippen molar-refractivity contribution < 1.29 is 17.6 Å². The molecule has 2 rings (SSSR count). The summed E-state index contributed by atoms with van der Waals surface area (Å²) in [6.45, 7) is 0.669. The normalized spacial score (nSPS) is 11.1. The molecular formula is C18H21N3O4S. The predicted octanol–water partition coefficient (Wildman–Crippen LogP) is 2.06. The monoisotopic (exact) mass is 375 g/mol. The molecule has 0 aliphatic carbocycles. The van der Waals surface area contributed by atoms with E-state index in [0.29, 0.717) is 25.3 Å². The van der Waals surface area contributed by atoms with Crippen molar-refractivity contribution in [2.45, 2.75) is 30.7 Å². The van der Waals surface area contributed by atoms with Crippen LogP contribution in [-0.2, 0) is 27.8 Å². The summed E-state index contributed by atoms with van der Waals surface area (Å²) >= 11 is 0. The summed E-state index contributed by atoms with van der Waals surface area (Å²) in [6, 6.07) is 12.0. The first-order chi connectivity index (χ1) is 12.5. The molecule has 1 aromatic heterocycles. The second-order valence-corrected chi connectivity index (χ2v) is 7.54. The van der Waals surface area contributed by atoms with Crippen molar-refractivity contribution in [1.82, 2.24) is 9.62 Å². The largest absolute Gasteiger partial charge is 0.467 e. The van der Waals surface area contributed by atoms with Crippen LogP contribution in [0, 0.1) is 11.3 Å². The van der Waals surface area contributed by atoms with Crippen LogP contribution >= 0.6 is 0 Å². The third kappa shape index (κ3) is 5.44. The van der Waals surface area contributed by atoms with Crippen LogP contribution in [0.3, 0.4) is 0 Å². The number of nitriles is 1. The van der Waals surface area contributed by atoms with Gasteiger partial charge in [0.15, 0.2) is 0 Å². The van der Waals surface area contributed by atoms with Gasteiger partial charge in [-0.3, -0.25) is 4.79 Å². The lowest BCUT2D eigenvalue weighted by Crippen LogP contribution is -2.31. The lowest BCUT2D eigenvalue weighted by atomic mass is 10.1. The lowest BCUT2D eigenvalue weighted by molar-refractivity contribution is -0.132. The van der Waals surface area contributed by atoms with E-state index in [2.05, 4.69) is 4.72 Å². The average Bonchev–Trinajstić information content (AvgIpc) is 3.16.